The topological polar surface area (TPSA) is 98.7 Å². The summed E-state index contributed by atoms with van der Waals surface area (Å²) >= 11 is 0. The van der Waals surface area contributed by atoms with Gasteiger partial charge in [0.1, 0.15) is 5.75 Å². The Morgan fingerprint density at radius 2 is 1.55 bits per heavy atom. The normalized spacial score (nSPS) is 9.80. The van der Waals surface area contributed by atoms with E-state index in [1.165, 1.54) is 36.4 Å². The van der Waals surface area contributed by atoms with Crippen LogP contribution in [0.25, 0.3) is 0 Å². The third-order valence-corrected chi connectivity index (χ3v) is 2.49. The molecule has 0 saturated carbocycles. The van der Waals surface area contributed by atoms with Gasteiger partial charge in [-0.1, -0.05) is 6.07 Å². The van der Waals surface area contributed by atoms with Crippen LogP contribution >= 0.6 is 0 Å². The molecule has 0 fully saturated rings. The summed E-state index contributed by atoms with van der Waals surface area (Å²) in [6, 6.07) is 11.4. The molecule has 6 heteroatoms. The van der Waals surface area contributed by atoms with E-state index in [0.717, 1.165) is 0 Å². The Morgan fingerprint density at radius 3 is 2.15 bits per heavy atom. The Hall–Kier alpha value is -3.02. The third-order valence-electron chi connectivity index (χ3n) is 2.49. The number of carboxylic acids is 1. The molecule has 0 spiro atoms. The number of amides is 2. The molecule has 0 atom stereocenters. The molecule has 20 heavy (non-hydrogen) atoms. The molecule has 2 rings (SSSR count). The van der Waals surface area contributed by atoms with E-state index < -0.39 is 12.0 Å². The smallest absolute Gasteiger partial charge is 0.335 e. The van der Waals surface area contributed by atoms with Gasteiger partial charge >= 0.3 is 12.0 Å². The van der Waals surface area contributed by atoms with E-state index >= 15 is 0 Å². The first-order valence-corrected chi connectivity index (χ1v) is 5.75. The van der Waals surface area contributed by atoms with Gasteiger partial charge in [0.2, 0.25) is 0 Å². The molecule has 0 heterocycles. The minimum Gasteiger partial charge on any atom is -0.508 e. The van der Waals surface area contributed by atoms with E-state index in [1.807, 2.05) is 0 Å². The number of urea groups is 1. The molecule has 0 aliphatic rings. The van der Waals surface area contributed by atoms with Crippen molar-refractivity contribution in [2.45, 2.75) is 0 Å². The first kappa shape index (κ1) is 13.4. The third kappa shape index (κ3) is 3.49. The maximum Gasteiger partial charge on any atom is 0.335 e. The zero-order valence-electron chi connectivity index (χ0n) is 10.3. The molecule has 2 aromatic carbocycles. The molecular weight excluding hydrogens is 260 g/mol. The minimum absolute atomic E-state index is 0.0496. The van der Waals surface area contributed by atoms with Crippen LogP contribution in [-0.2, 0) is 0 Å². The lowest BCUT2D eigenvalue weighted by molar-refractivity contribution is 0.0697. The van der Waals surface area contributed by atoms with Crippen LogP contribution in [0.15, 0.2) is 48.5 Å². The number of carbonyl (C=O) groups excluding carboxylic acids is 1. The Morgan fingerprint density at radius 1 is 0.900 bits per heavy atom. The van der Waals surface area contributed by atoms with Crippen molar-refractivity contribution in [3.63, 3.8) is 0 Å². The number of benzene rings is 2. The van der Waals surface area contributed by atoms with Crippen molar-refractivity contribution in [1.29, 1.82) is 0 Å². The van der Waals surface area contributed by atoms with Crippen LogP contribution in [0.4, 0.5) is 16.2 Å². The van der Waals surface area contributed by atoms with E-state index in [0.29, 0.717) is 11.4 Å². The predicted molar refractivity (Wildman–Crippen MR) is 74.1 cm³/mol. The van der Waals surface area contributed by atoms with Crippen LogP contribution in [0.3, 0.4) is 0 Å². The molecule has 102 valence electrons. The van der Waals surface area contributed by atoms with Gasteiger partial charge in [0.25, 0.3) is 0 Å². The molecule has 0 aliphatic heterocycles. The lowest BCUT2D eigenvalue weighted by atomic mass is 10.2. The Balaban J connectivity index is 1.99. The number of hydrogen-bond acceptors (Lipinski definition) is 3. The molecule has 0 aromatic heterocycles. The van der Waals surface area contributed by atoms with Gasteiger partial charge in [0.15, 0.2) is 0 Å². The summed E-state index contributed by atoms with van der Waals surface area (Å²) < 4.78 is 0. The van der Waals surface area contributed by atoms with Gasteiger partial charge in [-0.3, -0.25) is 0 Å². The van der Waals surface area contributed by atoms with Gasteiger partial charge in [0.05, 0.1) is 5.56 Å². The first-order chi connectivity index (χ1) is 9.54. The van der Waals surface area contributed by atoms with Gasteiger partial charge in [-0.2, -0.15) is 0 Å². The SMILES string of the molecule is O=C(Nc1ccc(C(=O)O)cc1)Nc1cccc(O)c1. The lowest BCUT2D eigenvalue weighted by Gasteiger charge is -2.08. The van der Waals surface area contributed by atoms with Gasteiger partial charge in [0, 0.05) is 17.4 Å². The number of rotatable bonds is 3. The van der Waals surface area contributed by atoms with E-state index in [2.05, 4.69) is 10.6 Å². The second-order valence-electron chi connectivity index (χ2n) is 4.01. The summed E-state index contributed by atoms with van der Waals surface area (Å²) in [5.41, 5.74) is 1.06. The fraction of sp³-hybridized carbons (Fsp3) is 0. The second kappa shape index (κ2) is 5.75. The molecule has 4 N–H and O–H groups in total. The number of hydrogen-bond donors (Lipinski definition) is 4. The van der Waals surface area contributed by atoms with Crippen LogP contribution in [0.2, 0.25) is 0 Å². The number of phenols is 1. The number of nitrogens with one attached hydrogen (secondary N) is 2. The highest BCUT2D eigenvalue weighted by Gasteiger charge is 2.05. The lowest BCUT2D eigenvalue weighted by Crippen LogP contribution is -2.19. The van der Waals surface area contributed by atoms with Crippen molar-refractivity contribution in [3.8, 4) is 5.75 Å². The summed E-state index contributed by atoms with van der Waals surface area (Å²) in [5, 5.41) is 23.1. The average Bonchev–Trinajstić information content (AvgIpc) is 2.39. The number of aromatic carboxylic acids is 1. The van der Waals surface area contributed by atoms with E-state index in [9.17, 15) is 14.7 Å². The maximum absolute atomic E-state index is 11.7. The fourth-order valence-corrected chi connectivity index (χ4v) is 1.57. The Labute approximate surface area is 114 Å². The van der Waals surface area contributed by atoms with Gasteiger partial charge in [-0.05, 0) is 36.4 Å². The molecular formula is C14H12N2O4. The van der Waals surface area contributed by atoms with Crippen molar-refractivity contribution in [3.05, 3.63) is 54.1 Å². The Kier molecular flexibility index (Phi) is 3.85. The highest BCUT2D eigenvalue weighted by Crippen LogP contribution is 2.16. The summed E-state index contributed by atoms with van der Waals surface area (Å²) in [4.78, 5) is 22.4. The minimum atomic E-state index is -1.03. The van der Waals surface area contributed by atoms with Gasteiger partial charge in [-0.25, -0.2) is 9.59 Å². The van der Waals surface area contributed by atoms with Crippen LogP contribution in [-0.4, -0.2) is 22.2 Å². The molecule has 0 radical (unpaired) electrons. The van der Waals surface area contributed by atoms with E-state index in [4.69, 9.17) is 5.11 Å². The van der Waals surface area contributed by atoms with Crippen molar-refractivity contribution in [2.75, 3.05) is 10.6 Å². The second-order valence-corrected chi connectivity index (χ2v) is 4.01. The molecule has 0 unspecified atom stereocenters. The van der Waals surface area contributed by atoms with Crippen molar-refractivity contribution < 1.29 is 19.8 Å². The monoisotopic (exact) mass is 272 g/mol. The number of phenolic OH excluding ortho intramolecular Hbond substituents is 1. The standard InChI is InChI=1S/C14H12N2O4/c17-12-3-1-2-11(8-12)16-14(20)15-10-6-4-9(5-7-10)13(18)19/h1-8,17H,(H,18,19)(H2,15,16,20). The van der Waals surface area contributed by atoms with Gasteiger partial charge < -0.3 is 20.8 Å². The fourth-order valence-electron chi connectivity index (χ4n) is 1.57. The first-order valence-electron chi connectivity index (χ1n) is 5.75. The molecule has 0 saturated heterocycles. The van der Waals surface area contributed by atoms with E-state index in [-0.39, 0.29) is 11.3 Å². The largest absolute Gasteiger partial charge is 0.508 e. The molecule has 2 amide bonds. The van der Waals surface area contributed by atoms with Crippen molar-refractivity contribution in [1.82, 2.24) is 0 Å². The van der Waals surface area contributed by atoms with E-state index in [1.54, 1.807) is 12.1 Å². The van der Waals surface area contributed by atoms with Crippen LogP contribution in [0.5, 0.6) is 5.75 Å². The number of anilines is 2. The predicted octanol–water partition coefficient (Wildman–Crippen LogP) is 2.73. The number of carbonyl (C=O) groups is 2. The van der Waals surface area contributed by atoms with Crippen molar-refractivity contribution >= 4 is 23.4 Å². The maximum atomic E-state index is 11.7. The van der Waals surface area contributed by atoms with Crippen LogP contribution in [0.1, 0.15) is 10.4 Å². The zero-order valence-corrected chi connectivity index (χ0v) is 10.3. The number of aromatic hydroxyl groups is 1. The summed E-state index contributed by atoms with van der Waals surface area (Å²) in [6.45, 7) is 0. The summed E-state index contributed by atoms with van der Waals surface area (Å²) in [6.07, 6.45) is 0. The number of carboxylic acid groups (broad SMARTS) is 1. The Bertz CT molecular complexity index is 638. The van der Waals surface area contributed by atoms with Crippen LogP contribution in [0, 0.1) is 0 Å². The molecule has 0 aliphatic carbocycles. The highest BCUT2D eigenvalue weighted by molar-refractivity contribution is 6.00. The molecule has 2 aromatic rings. The molecule has 0 bridgehead atoms. The summed E-state index contributed by atoms with van der Waals surface area (Å²) in [7, 11) is 0. The molecule has 6 nitrogen and oxygen atoms in total. The van der Waals surface area contributed by atoms with Crippen LogP contribution < -0.4 is 10.6 Å². The average molecular weight is 272 g/mol. The highest BCUT2D eigenvalue weighted by atomic mass is 16.4. The quantitative estimate of drug-likeness (QED) is 0.690. The summed E-state index contributed by atoms with van der Waals surface area (Å²) in [5.74, 6) is -0.977. The van der Waals surface area contributed by atoms with Gasteiger partial charge in [-0.15, -0.1) is 0 Å². The zero-order chi connectivity index (χ0) is 14.5. The van der Waals surface area contributed by atoms with Crippen molar-refractivity contribution in [2.24, 2.45) is 0 Å².